The van der Waals surface area contributed by atoms with Gasteiger partial charge in [0.2, 0.25) is 5.96 Å². The Kier molecular flexibility index (Phi) is 18.6. The maximum Gasteiger partial charge on any atom is 0.202 e. The number of guanidine groups is 1. The van der Waals surface area contributed by atoms with Crippen LogP contribution >= 0.6 is 21.6 Å². The number of nitrogens with two attached hydrogens (primary N) is 2. The molecule has 14 nitrogen and oxygen atoms in total. The highest BCUT2D eigenvalue weighted by Crippen LogP contribution is 2.79. The van der Waals surface area contributed by atoms with Gasteiger partial charge in [0, 0.05) is 72.1 Å². The summed E-state index contributed by atoms with van der Waals surface area (Å²) >= 11 is 0. The average molecular weight is 1280 g/mol. The number of hydrogen-bond acceptors (Lipinski definition) is 16. The first-order valence-electron chi connectivity index (χ1n) is 34.6. The summed E-state index contributed by atoms with van der Waals surface area (Å²) in [6.07, 6.45) is 25.9. The molecule has 12 N–H and O–H groups in total. The number of nitrogens with zero attached hydrogens (tertiary/aromatic N) is 1. The number of hydrogen-bond donors (Lipinski definition) is 10. The lowest BCUT2D eigenvalue weighted by atomic mass is 9.46. The first-order valence-corrected chi connectivity index (χ1v) is 37.1. The molecule has 92 heavy (non-hydrogen) atoms. The van der Waals surface area contributed by atoms with Crippen LogP contribution in [0.4, 0.5) is 0 Å². The molecule has 5 aliphatic carbocycles. The minimum Gasteiger partial charge on any atom is -0.504 e. The Hall–Kier alpha value is -5.61. The van der Waals surface area contributed by atoms with Crippen molar-refractivity contribution in [2.24, 2.45) is 86.0 Å². The molecule has 3 aromatic carbocycles. The average Bonchev–Trinajstić information content (AvgIpc) is 1.49. The fraction of sp³-hybridized carbons (Fsp3) is 0.566. The summed E-state index contributed by atoms with van der Waals surface area (Å²) < 4.78 is 5.72. The number of aliphatic imine (C=N–C) groups is 1. The molecule has 6 fully saturated rings. The Labute approximate surface area is 552 Å². The van der Waals surface area contributed by atoms with Crippen LogP contribution in [-0.2, 0) is 35.3 Å². The van der Waals surface area contributed by atoms with E-state index in [0.717, 1.165) is 107 Å². The molecule has 7 bridgehead atoms. The highest BCUT2D eigenvalue weighted by molar-refractivity contribution is 8.76. The van der Waals surface area contributed by atoms with Gasteiger partial charge in [0.25, 0.3) is 0 Å². The molecule has 13 aliphatic rings. The molecule has 1 saturated heterocycles. The molecule has 0 radical (unpaired) electrons. The number of dihydropyridines is 1. The number of rotatable bonds is 10. The number of nitrogens with one attached hydrogen (secondary N) is 5. The number of carbonyl (C=O) groups is 2. The Bertz CT molecular complexity index is 3540. The maximum absolute atomic E-state index is 14.9. The van der Waals surface area contributed by atoms with Gasteiger partial charge in [-0.3, -0.25) is 9.59 Å². The molecule has 16 rings (SSSR count). The first-order chi connectivity index (χ1) is 44.7. The van der Waals surface area contributed by atoms with Crippen molar-refractivity contribution in [2.75, 3.05) is 44.9 Å². The summed E-state index contributed by atoms with van der Waals surface area (Å²) in [5.41, 5.74) is 22.3. The van der Waals surface area contributed by atoms with E-state index in [1.807, 2.05) is 34.7 Å². The highest BCUT2D eigenvalue weighted by Gasteiger charge is 2.76. The summed E-state index contributed by atoms with van der Waals surface area (Å²) in [5.74, 6) is 7.89. The van der Waals surface area contributed by atoms with Gasteiger partial charge in [-0.05, 0) is 237 Å². The number of Topliss-reactive ketones (excluding diaryl/α,β-unsaturated/α-hetero) is 1. The van der Waals surface area contributed by atoms with Gasteiger partial charge in [-0.15, -0.1) is 0 Å². The molecule has 5 saturated carbocycles. The van der Waals surface area contributed by atoms with Gasteiger partial charge in [-0.2, -0.15) is 4.99 Å². The van der Waals surface area contributed by atoms with Crippen molar-refractivity contribution in [3.63, 3.8) is 0 Å². The number of allylic oxidation sites excluding steroid dienone is 3. The largest absolute Gasteiger partial charge is 0.504 e. The molecule has 8 heterocycles. The summed E-state index contributed by atoms with van der Waals surface area (Å²) in [5, 5.41) is 54.6. The van der Waals surface area contributed by atoms with Crippen molar-refractivity contribution in [3.8, 4) is 23.5 Å². The van der Waals surface area contributed by atoms with E-state index >= 15 is 0 Å². The summed E-state index contributed by atoms with van der Waals surface area (Å²) in [4.78, 5) is 34.4. The number of aryl methyl sites for hydroxylation is 2. The van der Waals surface area contributed by atoms with Crippen LogP contribution in [0.3, 0.4) is 0 Å². The van der Waals surface area contributed by atoms with E-state index in [9.17, 15) is 24.9 Å². The lowest BCUT2D eigenvalue weighted by molar-refractivity contribution is -0.126. The Morgan fingerprint density at radius 2 is 1.79 bits per heavy atom. The van der Waals surface area contributed by atoms with E-state index < -0.39 is 18.9 Å². The van der Waals surface area contributed by atoms with Crippen molar-refractivity contribution in [2.45, 2.75) is 153 Å². The number of aromatic hydroxyl groups is 1. The zero-order valence-corrected chi connectivity index (χ0v) is 55.4. The molecule has 18 atom stereocenters. The third-order valence-electron chi connectivity index (χ3n) is 24.7. The van der Waals surface area contributed by atoms with E-state index in [1.165, 1.54) is 48.3 Å². The zero-order valence-electron chi connectivity index (χ0n) is 53.7. The second kappa shape index (κ2) is 26.9. The number of carbonyl (C=O) groups excluding carboxylic acids is 2. The van der Waals surface area contributed by atoms with Gasteiger partial charge >= 0.3 is 0 Å². The van der Waals surface area contributed by atoms with Crippen LogP contribution in [0.15, 0.2) is 125 Å². The Morgan fingerprint density at radius 3 is 2.64 bits per heavy atom. The predicted octanol–water partition coefficient (Wildman–Crippen LogP) is 9.25. The van der Waals surface area contributed by atoms with Crippen LogP contribution in [0.5, 0.6) is 11.5 Å². The van der Waals surface area contributed by atoms with Crippen LogP contribution in [-0.4, -0.2) is 114 Å². The third kappa shape index (κ3) is 12.2. The van der Waals surface area contributed by atoms with Crippen molar-refractivity contribution in [3.05, 3.63) is 148 Å². The molecular weight excluding hydrogens is 1190 g/mol. The van der Waals surface area contributed by atoms with E-state index in [2.05, 4.69) is 117 Å². The normalized spacial score (nSPS) is 37.6. The van der Waals surface area contributed by atoms with Crippen molar-refractivity contribution >= 4 is 44.7 Å². The number of aliphatic hydroxyl groups is 2. The molecule has 8 aliphatic heterocycles. The second-order valence-corrected chi connectivity index (χ2v) is 32.1. The number of aliphatic hydroxyl groups excluding tert-OH is 2. The SMILES string of the molecule is COc1cc2c(cc1O)CC1=CNC(N)C=C1[C@H](Cc1cccc(CCc3ccccc3)c1)[C@H]1C#CN=C(N)N[C@@H]3CC4=C[C@H]([C@H](C)O)N[C@H]5C[C@@]6(C[C@@H]7[C@@H]8CCNC[C@@H]8C[C@@H]8C=CCN[C@@H]78)C[C@H](CC[C@H]6[C@]56CC[C@H](C3)[C@]46CSSC1)CC(=O)CC(=O)/C=C/2CO. The monoisotopic (exact) mass is 1280 g/mol. The molecule has 0 aromatic heterocycles. The number of ether oxygens (including phenoxy) is 1. The number of phenols is 1. The number of piperidine rings is 1. The molecule has 16 heteroatoms. The van der Waals surface area contributed by atoms with E-state index in [0.29, 0.717) is 82.8 Å². The fourth-order valence-electron chi connectivity index (χ4n) is 21.2. The van der Waals surface area contributed by atoms with Gasteiger partial charge in [0.15, 0.2) is 17.3 Å². The number of fused-ring (bicyclic) bond motifs is 9. The number of ketones is 2. The number of phenolic OH excluding ortho intramolecular Hbond substituents is 1. The minimum atomic E-state index is -0.624. The number of methoxy groups -OCH3 is 1. The minimum absolute atomic E-state index is 0.0292. The van der Waals surface area contributed by atoms with Crippen LogP contribution < -0.4 is 42.8 Å². The molecular formula is C76H96N8O6S2. The summed E-state index contributed by atoms with van der Waals surface area (Å²) in [7, 11) is 5.47. The van der Waals surface area contributed by atoms with Gasteiger partial charge in [-0.25, -0.2) is 0 Å². The molecule has 488 valence electrons. The Balaban J connectivity index is 0.919. The number of benzene rings is 3. The topological polar surface area (TPSA) is 229 Å². The second-order valence-electron chi connectivity index (χ2n) is 29.6. The fourth-order valence-corrected chi connectivity index (χ4v) is 24.2. The molecule has 1 unspecified atom stereocenters. The van der Waals surface area contributed by atoms with Crippen LogP contribution in [0.2, 0.25) is 0 Å². The summed E-state index contributed by atoms with van der Waals surface area (Å²) in [6, 6.07) is 26.6. The van der Waals surface area contributed by atoms with Crippen LogP contribution in [0.1, 0.15) is 118 Å². The smallest absolute Gasteiger partial charge is 0.202 e. The molecule has 2 spiro atoms. The van der Waals surface area contributed by atoms with Gasteiger partial charge < -0.3 is 58.1 Å². The van der Waals surface area contributed by atoms with Gasteiger partial charge in [-0.1, -0.05) is 106 Å². The molecule has 0 amide bonds. The van der Waals surface area contributed by atoms with Crippen molar-refractivity contribution in [1.29, 1.82) is 0 Å². The van der Waals surface area contributed by atoms with Gasteiger partial charge in [0.05, 0.1) is 38.4 Å². The van der Waals surface area contributed by atoms with Gasteiger partial charge in [0.1, 0.15) is 5.78 Å². The van der Waals surface area contributed by atoms with Crippen LogP contribution in [0, 0.1) is 81.5 Å². The standard InChI is InChI=1S/C76H96N8O6S2/c1-45(86)66-33-57-32-58-31-56-17-20-75-69-16-15-49(37-74(69,39-70(75)84-66)38-65-61-19-22-79-40-53(61)27-50-12-7-21-80-72(50)65)25-59(87)34-60(88)29-55(42-85)62-35-68(90-2)67(89)30-52(62)28-54-41-82-71(77)36-64(54)63(51(18-23-81-73(78)83-58)43-91-92-44-76(56,57)75)26-48-11-6-10-47(24-48)14-13-46-8-4-3-5-9-46/h3-12,24,29-30,33,35-36,41,45,49-51,53,56,58,61,63,65-66,69-72,79-80,82,84-86,89H,13-17,19-22,25-28,31-32,34,37-40,42-44,77H2,1-2H3,(H3,78,81,83)/b55-29+/t45-,49+,50-,51-,53-,56+,58-,61+,63+,65+,66+,69+,70-,71?,72+,74-,75+,76+/m0/s1. The van der Waals surface area contributed by atoms with E-state index in [-0.39, 0.29) is 88.0 Å². The van der Waals surface area contributed by atoms with Crippen molar-refractivity contribution < 1.29 is 29.6 Å². The van der Waals surface area contributed by atoms with E-state index in [1.54, 1.807) is 12.1 Å². The first kappa shape index (κ1) is 63.8. The Morgan fingerprint density at radius 1 is 0.946 bits per heavy atom. The highest BCUT2D eigenvalue weighted by atomic mass is 33.1. The lowest BCUT2D eigenvalue weighted by Crippen LogP contribution is -2.60. The maximum atomic E-state index is 14.9. The quantitative estimate of drug-likeness (QED) is 0.0395. The zero-order chi connectivity index (χ0) is 63.3. The van der Waals surface area contributed by atoms with E-state index in [4.69, 9.17) is 21.2 Å². The lowest BCUT2D eigenvalue weighted by Gasteiger charge is -2.60. The predicted molar refractivity (Wildman–Crippen MR) is 369 cm³/mol. The third-order valence-corrected chi connectivity index (χ3v) is 27.2. The summed E-state index contributed by atoms with van der Waals surface area (Å²) in [6.45, 7) is 4.48. The molecule has 3 aromatic rings. The van der Waals surface area contributed by atoms with Crippen molar-refractivity contribution in [1.82, 2.24) is 26.6 Å². The van der Waals surface area contributed by atoms with Crippen LogP contribution in [0.25, 0.3) is 5.57 Å².